The fourth-order valence-corrected chi connectivity index (χ4v) is 3.54. The number of morpholine rings is 1. The van der Waals surface area contributed by atoms with Crippen LogP contribution in [0.15, 0.2) is 24.3 Å². The van der Waals surface area contributed by atoms with Crippen molar-refractivity contribution in [1.29, 1.82) is 0 Å². The van der Waals surface area contributed by atoms with Gasteiger partial charge in [-0.15, -0.1) is 0 Å². The minimum Gasteiger partial charge on any atom is -0.378 e. The van der Waals surface area contributed by atoms with Gasteiger partial charge < -0.3 is 4.74 Å². The van der Waals surface area contributed by atoms with Crippen LogP contribution in [0, 0.1) is 0 Å². The summed E-state index contributed by atoms with van der Waals surface area (Å²) in [5.41, 5.74) is 2.96. The van der Waals surface area contributed by atoms with Crippen LogP contribution < -0.4 is 0 Å². The molecule has 1 aliphatic heterocycles. The maximum absolute atomic E-state index is 5.86. The topological polar surface area (TPSA) is 12.5 Å². The number of rotatable bonds is 2. The van der Waals surface area contributed by atoms with E-state index in [1.807, 2.05) is 0 Å². The van der Waals surface area contributed by atoms with Crippen molar-refractivity contribution < 1.29 is 4.74 Å². The van der Waals surface area contributed by atoms with Gasteiger partial charge in [0.2, 0.25) is 0 Å². The first-order chi connectivity index (χ1) is 9.27. The predicted octanol–water partition coefficient (Wildman–Crippen LogP) is 4.16. The number of hydrogen-bond donors (Lipinski definition) is 0. The molecule has 20 heavy (non-hydrogen) atoms. The van der Waals surface area contributed by atoms with Crippen LogP contribution in [0.5, 0.6) is 0 Å². The summed E-state index contributed by atoms with van der Waals surface area (Å²) in [5.74, 6) is 0.534. The summed E-state index contributed by atoms with van der Waals surface area (Å²) >= 11 is 0. The van der Waals surface area contributed by atoms with Crippen LogP contribution in [0.1, 0.15) is 58.6 Å². The third-order valence-corrected chi connectivity index (χ3v) is 4.41. The van der Waals surface area contributed by atoms with Gasteiger partial charge in [-0.3, -0.25) is 4.90 Å². The van der Waals surface area contributed by atoms with E-state index in [9.17, 15) is 0 Å². The standard InChI is InChI=1S/C18H29NO/c1-14(2)15-9-7-8-10-16(15)18(6)13-20-12-11-19(18)17(3,4)5/h7-10,14H,11-13H2,1-6H3. The Bertz CT molecular complexity index is 461. The monoisotopic (exact) mass is 275 g/mol. The molecule has 0 aromatic heterocycles. The average Bonchev–Trinajstić information content (AvgIpc) is 2.38. The predicted molar refractivity (Wildman–Crippen MR) is 85.2 cm³/mol. The van der Waals surface area contributed by atoms with Gasteiger partial charge in [0.1, 0.15) is 0 Å². The van der Waals surface area contributed by atoms with Gasteiger partial charge in [0, 0.05) is 12.1 Å². The van der Waals surface area contributed by atoms with E-state index in [0.717, 1.165) is 19.8 Å². The smallest absolute Gasteiger partial charge is 0.0690 e. The molecular formula is C18H29NO. The molecule has 2 nitrogen and oxygen atoms in total. The first kappa shape index (κ1) is 15.5. The van der Waals surface area contributed by atoms with E-state index >= 15 is 0 Å². The zero-order valence-corrected chi connectivity index (χ0v) is 13.9. The summed E-state index contributed by atoms with van der Waals surface area (Å²) in [6.07, 6.45) is 0. The molecule has 0 radical (unpaired) electrons. The molecule has 0 bridgehead atoms. The Hall–Kier alpha value is -0.860. The summed E-state index contributed by atoms with van der Waals surface area (Å²) in [5, 5.41) is 0. The largest absolute Gasteiger partial charge is 0.378 e. The Labute approximate surface area is 124 Å². The van der Waals surface area contributed by atoms with Crippen molar-refractivity contribution in [1.82, 2.24) is 4.90 Å². The third kappa shape index (κ3) is 2.77. The lowest BCUT2D eigenvalue weighted by Crippen LogP contribution is -2.60. The van der Waals surface area contributed by atoms with Crippen LogP contribution in [-0.4, -0.2) is 30.2 Å². The van der Waals surface area contributed by atoms with E-state index < -0.39 is 0 Å². The molecule has 2 rings (SSSR count). The molecule has 112 valence electrons. The third-order valence-electron chi connectivity index (χ3n) is 4.41. The van der Waals surface area contributed by atoms with Gasteiger partial charge in [-0.05, 0) is 44.7 Å². The molecule has 1 fully saturated rings. The van der Waals surface area contributed by atoms with E-state index in [1.54, 1.807) is 0 Å². The lowest BCUT2D eigenvalue weighted by Gasteiger charge is -2.52. The van der Waals surface area contributed by atoms with Crippen molar-refractivity contribution >= 4 is 0 Å². The Morgan fingerprint density at radius 1 is 1.20 bits per heavy atom. The number of ether oxygens (including phenoxy) is 1. The number of hydrogen-bond acceptors (Lipinski definition) is 2. The molecule has 0 aliphatic carbocycles. The first-order valence-electron chi connectivity index (χ1n) is 7.72. The molecule has 0 N–H and O–H groups in total. The highest BCUT2D eigenvalue weighted by atomic mass is 16.5. The lowest BCUT2D eigenvalue weighted by atomic mass is 9.80. The Kier molecular flexibility index (Phi) is 4.27. The summed E-state index contributed by atoms with van der Waals surface area (Å²) in [6, 6.07) is 8.85. The first-order valence-corrected chi connectivity index (χ1v) is 7.72. The van der Waals surface area contributed by atoms with Gasteiger partial charge in [-0.25, -0.2) is 0 Å². The highest BCUT2D eigenvalue weighted by Gasteiger charge is 2.43. The molecule has 0 spiro atoms. The normalized spacial score (nSPS) is 25.1. The molecule has 2 heteroatoms. The van der Waals surface area contributed by atoms with Crippen molar-refractivity contribution in [3.05, 3.63) is 35.4 Å². The minimum atomic E-state index is -0.0443. The van der Waals surface area contributed by atoms with Gasteiger partial charge in [-0.1, -0.05) is 38.1 Å². The quantitative estimate of drug-likeness (QED) is 0.803. The maximum Gasteiger partial charge on any atom is 0.0690 e. The SMILES string of the molecule is CC(C)c1ccccc1C1(C)COCCN1C(C)(C)C. The second-order valence-corrected chi connectivity index (χ2v) is 7.39. The van der Waals surface area contributed by atoms with Crippen LogP contribution in [0.3, 0.4) is 0 Å². The molecule has 1 aromatic carbocycles. The van der Waals surface area contributed by atoms with Crippen molar-refractivity contribution in [2.24, 2.45) is 0 Å². The number of benzene rings is 1. The van der Waals surface area contributed by atoms with Crippen LogP contribution in [0.4, 0.5) is 0 Å². The molecule has 1 aliphatic rings. The van der Waals surface area contributed by atoms with Crippen molar-refractivity contribution in [3.63, 3.8) is 0 Å². The Morgan fingerprint density at radius 2 is 1.85 bits per heavy atom. The van der Waals surface area contributed by atoms with Gasteiger partial charge in [0.25, 0.3) is 0 Å². The van der Waals surface area contributed by atoms with Crippen molar-refractivity contribution in [2.45, 2.75) is 58.5 Å². The molecule has 1 aromatic rings. The summed E-state index contributed by atoms with van der Waals surface area (Å²) in [7, 11) is 0. The summed E-state index contributed by atoms with van der Waals surface area (Å²) < 4.78 is 5.86. The second kappa shape index (κ2) is 5.50. The fourth-order valence-electron chi connectivity index (χ4n) is 3.54. The van der Waals surface area contributed by atoms with Crippen LogP contribution in [-0.2, 0) is 10.3 Å². The van der Waals surface area contributed by atoms with Gasteiger partial charge in [-0.2, -0.15) is 0 Å². The van der Waals surface area contributed by atoms with E-state index in [1.165, 1.54) is 11.1 Å². The van der Waals surface area contributed by atoms with Crippen LogP contribution in [0.25, 0.3) is 0 Å². The summed E-state index contributed by atoms with van der Waals surface area (Å²) in [4.78, 5) is 2.60. The Morgan fingerprint density at radius 3 is 2.45 bits per heavy atom. The molecular weight excluding hydrogens is 246 g/mol. The van der Waals surface area contributed by atoms with E-state index in [4.69, 9.17) is 4.74 Å². The van der Waals surface area contributed by atoms with Crippen LogP contribution in [0.2, 0.25) is 0 Å². The molecule has 1 atom stereocenters. The van der Waals surface area contributed by atoms with E-state index in [-0.39, 0.29) is 11.1 Å². The molecule has 0 amide bonds. The molecule has 1 saturated heterocycles. The summed E-state index contributed by atoms with van der Waals surface area (Å²) in [6.45, 7) is 16.4. The lowest BCUT2D eigenvalue weighted by molar-refractivity contribution is -0.104. The molecule has 0 saturated carbocycles. The zero-order chi connectivity index (χ0) is 15.0. The molecule has 1 unspecified atom stereocenters. The minimum absolute atomic E-state index is 0.0443. The van der Waals surface area contributed by atoms with Crippen LogP contribution >= 0.6 is 0 Å². The maximum atomic E-state index is 5.86. The van der Waals surface area contributed by atoms with E-state index in [2.05, 4.69) is 70.7 Å². The highest BCUT2D eigenvalue weighted by Crippen LogP contribution is 2.39. The van der Waals surface area contributed by atoms with Crippen molar-refractivity contribution in [2.75, 3.05) is 19.8 Å². The number of nitrogens with zero attached hydrogens (tertiary/aromatic N) is 1. The van der Waals surface area contributed by atoms with Crippen molar-refractivity contribution in [3.8, 4) is 0 Å². The second-order valence-electron chi connectivity index (χ2n) is 7.39. The Balaban J connectivity index is 2.52. The van der Waals surface area contributed by atoms with Gasteiger partial charge in [0.15, 0.2) is 0 Å². The van der Waals surface area contributed by atoms with Gasteiger partial charge >= 0.3 is 0 Å². The van der Waals surface area contributed by atoms with Gasteiger partial charge in [0.05, 0.1) is 18.8 Å². The van der Waals surface area contributed by atoms with E-state index in [0.29, 0.717) is 5.92 Å². The zero-order valence-electron chi connectivity index (χ0n) is 13.9. The molecule has 1 heterocycles. The highest BCUT2D eigenvalue weighted by molar-refractivity contribution is 5.36. The fraction of sp³-hybridized carbons (Fsp3) is 0.667. The average molecular weight is 275 g/mol.